The van der Waals surface area contributed by atoms with Crippen LogP contribution >= 0.6 is 23.2 Å². The molecule has 0 saturated carbocycles. The maximum atomic E-state index is 12.4. The molecule has 7 heteroatoms. The number of fused-ring (bicyclic) bond motifs is 1. The molecule has 1 N–H and O–H groups in total. The average Bonchev–Trinajstić information content (AvgIpc) is 2.51. The Bertz CT molecular complexity index is 939. The third-order valence-corrected chi connectivity index (χ3v) is 3.72. The van der Waals surface area contributed by atoms with Crippen LogP contribution < -0.4 is 10.9 Å². The van der Waals surface area contributed by atoms with E-state index in [1.165, 1.54) is 23.0 Å². The van der Waals surface area contributed by atoms with Gasteiger partial charge in [-0.3, -0.25) is 14.2 Å². The standard InChI is InChI=1S/C16H11Cl2N3O2/c17-10-6-12-15(13(18)7-10)19-9-21(16(12)23)8-14(22)20-11-4-2-1-3-5-11/h1-7,9H,8H2,(H,20,22). The van der Waals surface area contributed by atoms with Crippen LogP contribution in [0.5, 0.6) is 0 Å². The number of hydrogen-bond acceptors (Lipinski definition) is 3. The number of aromatic nitrogens is 2. The molecule has 0 aliphatic carbocycles. The first-order valence-corrected chi connectivity index (χ1v) is 7.49. The highest BCUT2D eigenvalue weighted by Crippen LogP contribution is 2.23. The van der Waals surface area contributed by atoms with Crippen molar-refractivity contribution >= 4 is 45.7 Å². The minimum absolute atomic E-state index is 0.152. The molecule has 1 aromatic heterocycles. The first kappa shape index (κ1) is 15.5. The zero-order valence-electron chi connectivity index (χ0n) is 11.8. The molecule has 0 saturated heterocycles. The monoisotopic (exact) mass is 347 g/mol. The summed E-state index contributed by atoms with van der Waals surface area (Å²) >= 11 is 11.9. The van der Waals surface area contributed by atoms with Crippen molar-refractivity contribution in [2.24, 2.45) is 0 Å². The SMILES string of the molecule is O=C(Cn1cnc2c(Cl)cc(Cl)cc2c1=O)Nc1ccccc1. The number of carbonyl (C=O) groups excluding carboxylic acids is 1. The highest BCUT2D eigenvalue weighted by molar-refractivity contribution is 6.38. The minimum atomic E-state index is -0.373. The minimum Gasteiger partial charge on any atom is -0.325 e. The topological polar surface area (TPSA) is 64.0 Å². The molecule has 0 bridgehead atoms. The van der Waals surface area contributed by atoms with Crippen LogP contribution in [-0.4, -0.2) is 15.5 Å². The quantitative estimate of drug-likeness (QED) is 0.790. The van der Waals surface area contributed by atoms with Crippen LogP contribution in [0.3, 0.4) is 0 Å². The van der Waals surface area contributed by atoms with Crippen molar-refractivity contribution < 1.29 is 4.79 Å². The Morgan fingerprint density at radius 3 is 2.65 bits per heavy atom. The van der Waals surface area contributed by atoms with Crippen LogP contribution in [0.2, 0.25) is 10.0 Å². The van der Waals surface area contributed by atoms with E-state index in [0.29, 0.717) is 21.2 Å². The summed E-state index contributed by atoms with van der Waals surface area (Å²) in [6.07, 6.45) is 1.30. The van der Waals surface area contributed by atoms with Crippen molar-refractivity contribution in [3.63, 3.8) is 0 Å². The molecule has 23 heavy (non-hydrogen) atoms. The highest BCUT2D eigenvalue weighted by Gasteiger charge is 2.11. The number of para-hydroxylation sites is 1. The van der Waals surface area contributed by atoms with E-state index in [1.54, 1.807) is 12.1 Å². The molecule has 0 aliphatic rings. The van der Waals surface area contributed by atoms with Crippen LogP contribution in [0.1, 0.15) is 0 Å². The second kappa shape index (κ2) is 6.40. The Hall–Kier alpha value is -2.37. The molecule has 3 aromatic rings. The Kier molecular flexibility index (Phi) is 4.32. The van der Waals surface area contributed by atoms with Crippen LogP contribution in [-0.2, 0) is 11.3 Å². The van der Waals surface area contributed by atoms with Gasteiger partial charge in [-0.2, -0.15) is 0 Å². The predicted molar refractivity (Wildman–Crippen MR) is 91.1 cm³/mol. The highest BCUT2D eigenvalue weighted by atomic mass is 35.5. The summed E-state index contributed by atoms with van der Waals surface area (Å²) in [4.78, 5) is 28.6. The molecule has 0 unspecified atom stereocenters. The maximum absolute atomic E-state index is 12.4. The van der Waals surface area contributed by atoms with Crippen molar-refractivity contribution in [2.75, 3.05) is 5.32 Å². The first-order chi connectivity index (χ1) is 11.0. The summed E-state index contributed by atoms with van der Waals surface area (Å²) < 4.78 is 1.22. The van der Waals surface area contributed by atoms with Gasteiger partial charge in [-0.15, -0.1) is 0 Å². The smallest absolute Gasteiger partial charge is 0.261 e. The Morgan fingerprint density at radius 2 is 1.91 bits per heavy atom. The molecular formula is C16H11Cl2N3O2. The zero-order chi connectivity index (χ0) is 16.4. The second-order valence-corrected chi connectivity index (χ2v) is 5.72. The van der Waals surface area contributed by atoms with Crippen molar-refractivity contribution in [1.29, 1.82) is 0 Å². The number of benzene rings is 2. The maximum Gasteiger partial charge on any atom is 0.261 e. The van der Waals surface area contributed by atoms with E-state index in [2.05, 4.69) is 10.3 Å². The van der Waals surface area contributed by atoms with Crippen molar-refractivity contribution in [2.45, 2.75) is 6.54 Å². The number of amides is 1. The summed E-state index contributed by atoms with van der Waals surface area (Å²) in [7, 11) is 0. The number of nitrogens with one attached hydrogen (secondary N) is 1. The first-order valence-electron chi connectivity index (χ1n) is 6.73. The molecule has 2 aromatic carbocycles. The number of hydrogen-bond donors (Lipinski definition) is 1. The van der Waals surface area contributed by atoms with E-state index in [0.717, 1.165) is 0 Å². The number of anilines is 1. The summed E-state index contributed by atoms with van der Waals surface area (Å²) in [5, 5.41) is 3.62. The van der Waals surface area contributed by atoms with Gasteiger partial charge in [-0.05, 0) is 24.3 Å². The van der Waals surface area contributed by atoms with Gasteiger partial charge in [0.15, 0.2) is 0 Å². The molecule has 0 fully saturated rings. The van der Waals surface area contributed by atoms with Gasteiger partial charge in [0.2, 0.25) is 5.91 Å². The Morgan fingerprint density at radius 1 is 1.17 bits per heavy atom. The van der Waals surface area contributed by atoms with E-state index in [-0.39, 0.29) is 23.4 Å². The van der Waals surface area contributed by atoms with Gasteiger partial charge in [0.05, 0.1) is 22.3 Å². The largest absolute Gasteiger partial charge is 0.325 e. The Balaban J connectivity index is 1.90. The van der Waals surface area contributed by atoms with Gasteiger partial charge in [0.25, 0.3) is 5.56 Å². The average molecular weight is 348 g/mol. The van der Waals surface area contributed by atoms with Gasteiger partial charge in [-0.1, -0.05) is 41.4 Å². The molecule has 1 amide bonds. The number of nitrogens with zero attached hydrogens (tertiary/aromatic N) is 2. The van der Waals surface area contributed by atoms with Crippen LogP contribution in [0.15, 0.2) is 53.6 Å². The predicted octanol–water partition coefficient (Wildman–Crippen LogP) is 3.34. The molecule has 0 radical (unpaired) electrons. The van der Waals surface area contributed by atoms with E-state index < -0.39 is 0 Å². The lowest BCUT2D eigenvalue weighted by Crippen LogP contribution is -2.28. The summed E-state index contributed by atoms with van der Waals surface area (Å²) in [5.74, 6) is -0.326. The van der Waals surface area contributed by atoms with Crippen molar-refractivity contribution in [1.82, 2.24) is 9.55 Å². The lowest BCUT2D eigenvalue weighted by molar-refractivity contribution is -0.116. The third-order valence-electron chi connectivity index (χ3n) is 3.22. The fourth-order valence-corrected chi connectivity index (χ4v) is 2.73. The number of carbonyl (C=O) groups is 1. The fourth-order valence-electron chi connectivity index (χ4n) is 2.18. The molecule has 0 aliphatic heterocycles. The van der Waals surface area contributed by atoms with Gasteiger partial charge in [0, 0.05) is 10.7 Å². The third kappa shape index (κ3) is 3.36. The normalized spacial score (nSPS) is 10.7. The summed E-state index contributed by atoms with van der Waals surface area (Å²) in [6.45, 7) is -0.152. The Labute approximate surface area is 141 Å². The summed E-state index contributed by atoms with van der Waals surface area (Å²) in [5.41, 5.74) is 0.647. The fraction of sp³-hybridized carbons (Fsp3) is 0.0625. The molecule has 5 nitrogen and oxygen atoms in total. The number of halogens is 2. The summed E-state index contributed by atoms with van der Waals surface area (Å²) in [6, 6.07) is 12.0. The number of rotatable bonds is 3. The van der Waals surface area contributed by atoms with E-state index >= 15 is 0 Å². The molecule has 1 heterocycles. The molecule has 0 atom stereocenters. The van der Waals surface area contributed by atoms with Crippen molar-refractivity contribution in [3.8, 4) is 0 Å². The molecule has 116 valence electrons. The van der Waals surface area contributed by atoms with Crippen LogP contribution in [0.4, 0.5) is 5.69 Å². The lowest BCUT2D eigenvalue weighted by atomic mass is 10.2. The van der Waals surface area contributed by atoms with Gasteiger partial charge < -0.3 is 5.32 Å². The van der Waals surface area contributed by atoms with Gasteiger partial charge >= 0.3 is 0 Å². The second-order valence-electron chi connectivity index (χ2n) is 4.88. The van der Waals surface area contributed by atoms with Crippen molar-refractivity contribution in [3.05, 3.63) is 69.2 Å². The molecule has 3 rings (SSSR count). The molecular weight excluding hydrogens is 337 g/mol. The van der Waals surface area contributed by atoms with E-state index in [4.69, 9.17) is 23.2 Å². The van der Waals surface area contributed by atoms with Gasteiger partial charge in [0.1, 0.15) is 6.54 Å². The van der Waals surface area contributed by atoms with Crippen LogP contribution in [0, 0.1) is 0 Å². The zero-order valence-corrected chi connectivity index (χ0v) is 13.3. The lowest BCUT2D eigenvalue weighted by Gasteiger charge is -2.08. The van der Waals surface area contributed by atoms with Crippen LogP contribution in [0.25, 0.3) is 10.9 Å². The van der Waals surface area contributed by atoms with E-state index in [1.807, 2.05) is 18.2 Å². The molecule has 0 spiro atoms. The van der Waals surface area contributed by atoms with Gasteiger partial charge in [-0.25, -0.2) is 4.98 Å². The van der Waals surface area contributed by atoms with E-state index in [9.17, 15) is 9.59 Å².